The van der Waals surface area contributed by atoms with Gasteiger partial charge in [0.15, 0.2) is 34.9 Å². The maximum atomic E-state index is 9.29. The summed E-state index contributed by atoms with van der Waals surface area (Å²) in [6.07, 6.45) is 0. The normalized spacial score (nSPS) is 10.9. The van der Waals surface area contributed by atoms with E-state index in [1.165, 1.54) is 0 Å². The Labute approximate surface area is 359 Å². The van der Waals surface area contributed by atoms with Gasteiger partial charge in [-0.05, 0) is 57.6 Å². The van der Waals surface area contributed by atoms with Gasteiger partial charge in [-0.2, -0.15) is 5.26 Å². The molecule has 10 aromatic rings. The Morgan fingerprint density at radius 1 is 0.242 bits per heavy atom. The molecular formula is C55H35N7. The highest BCUT2D eigenvalue weighted by atomic mass is 15.0. The molecule has 7 heteroatoms. The van der Waals surface area contributed by atoms with E-state index < -0.39 is 0 Å². The molecule has 0 N–H and O–H groups in total. The van der Waals surface area contributed by atoms with Crippen LogP contribution in [0.4, 0.5) is 0 Å². The number of aromatic nitrogens is 6. The summed E-state index contributed by atoms with van der Waals surface area (Å²) in [5, 5.41) is 9.29. The average molecular weight is 794 g/mol. The molecule has 2 heterocycles. The molecule has 7 nitrogen and oxygen atoms in total. The third-order valence-corrected chi connectivity index (χ3v) is 10.7. The van der Waals surface area contributed by atoms with Crippen molar-refractivity contribution in [2.75, 3.05) is 0 Å². The molecule has 62 heavy (non-hydrogen) atoms. The topological polar surface area (TPSA) is 101 Å². The van der Waals surface area contributed by atoms with Crippen LogP contribution in [0, 0.1) is 11.3 Å². The molecule has 0 radical (unpaired) electrons. The Balaban J connectivity index is 1.10. The van der Waals surface area contributed by atoms with Gasteiger partial charge in [0, 0.05) is 33.4 Å². The van der Waals surface area contributed by atoms with Crippen molar-refractivity contribution in [2.45, 2.75) is 0 Å². The van der Waals surface area contributed by atoms with E-state index in [0.717, 1.165) is 66.8 Å². The first-order valence-corrected chi connectivity index (χ1v) is 20.3. The van der Waals surface area contributed by atoms with Gasteiger partial charge >= 0.3 is 0 Å². The van der Waals surface area contributed by atoms with Crippen LogP contribution in [0.25, 0.3) is 102 Å². The monoisotopic (exact) mass is 793 g/mol. The fraction of sp³-hybridized carbons (Fsp3) is 0. The van der Waals surface area contributed by atoms with Gasteiger partial charge in [-0.15, -0.1) is 0 Å². The van der Waals surface area contributed by atoms with E-state index in [1.54, 1.807) is 0 Å². The Morgan fingerprint density at radius 3 is 1.06 bits per heavy atom. The molecule has 8 aromatic carbocycles. The molecule has 0 spiro atoms. The van der Waals surface area contributed by atoms with Gasteiger partial charge in [0.05, 0.1) is 11.6 Å². The molecule has 2 aromatic heterocycles. The molecule has 0 bridgehead atoms. The summed E-state index contributed by atoms with van der Waals surface area (Å²) < 4.78 is 0. The van der Waals surface area contributed by atoms with E-state index >= 15 is 0 Å². The van der Waals surface area contributed by atoms with Gasteiger partial charge in [-0.3, -0.25) is 0 Å². The minimum absolute atomic E-state index is 0.555. The number of hydrogen-bond donors (Lipinski definition) is 0. The van der Waals surface area contributed by atoms with Crippen LogP contribution in [-0.4, -0.2) is 29.9 Å². The highest BCUT2D eigenvalue weighted by Gasteiger charge is 2.18. The van der Waals surface area contributed by atoms with Crippen molar-refractivity contribution in [3.63, 3.8) is 0 Å². The van der Waals surface area contributed by atoms with Gasteiger partial charge in [-0.1, -0.05) is 188 Å². The summed E-state index contributed by atoms with van der Waals surface area (Å²) in [6, 6.07) is 73.1. The molecule has 0 amide bonds. The van der Waals surface area contributed by atoms with Crippen LogP contribution in [-0.2, 0) is 0 Å². The van der Waals surface area contributed by atoms with Crippen LogP contribution >= 0.6 is 0 Å². The summed E-state index contributed by atoms with van der Waals surface area (Å²) in [6.45, 7) is 0. The van der Waals surface area contributed by atoms with Crippen molar-refractivity contribution in [2.24, 2.45) is 0 Å². The molecule has 0 fully saturated rings. The molecule has 0 aliphatic carbocycles. The first-order valence-electron chi connectivity index (χ1n) is 20.3. The second kappa shape index (κ2) is 16.9. The van der Waals surface area contributed by atoms with Crippen molar-refractivity contribution in [1.29, 1.82) is 5.26 Å². The van der Waals surface area contributed by atoms with Crippen LogP contribution < -0.4 is 0 Å². The molecule has 0 unspecified atom stereocenters. The Morgan fingerprint density at radius 2 is 0.581 bits per heavy atom. The van der Waals surface area contributed by atoms with Crippen LogP contribution in [0.15, 0.2) is 212 Å². The fourth-order valence-electron chi connectivity index (χ4n) is 7.44. The molecule has 0 saturated heterocycles. The number of rotatable bonds is 9. The summed E-state index contributed by atoms with van der Waals surface area (Å²) in [4.78, 5) is 30.3. The Hall–Kier alpha value is -8.73. The second-order valence-corrected chi connectivity index (χ2v) is 14.7. The zero-order valence-corrected chi connectivity index (χ0v) is 33.3. The Kier molecular flexibility index (Phi) is 10.2. The van der Waals surface area contributed by atoms with Crippen molar-refractivity contribution >= 4 is 0 Å². The fourth-order valence-corrected chi connectivity index (χ4v) is 7.44. The SMILES string of the molecule is N#Cc1ccc(-c2ccc(-c3nc(-c4ccccc4)nc(-c4cc(-c5cccc(-c6nc(-c7ccccc7)nc(-c7ccccc7)n6)c5)ccc4-c4ccccc4)n3)cc2)cc1. The third kappa shape index (κ3) is 7.87. The van der Waals surface area contributed by atoms with Gasteiger partial charge < -0.3 is 0 Å². The number of hydrogen-bond acceptors (Lipinski definition) is 7. The summed E-state index contributed by atoms with van der Waals surface area (Å²) in [5.74, 6) is 3.49. The molecule has 10 rings (SSSR count). The summed E-state index contributed by atoms with van der Waals surface area (Å²) in [7, 11) is 0. The number of benzene rings is 8. The maximum Gasteiger partial charge on any atom is 0.164 e. The highest BCUT2D eigenvalue weighted by molar-refractivity contribution is 5.86. The van der Waals surface area contributed by atoms with E-state index in [4.69, 9.17) is 29.9 Å². The first-order chi connectivity index (χ1) is 30.6. The lowest BCUT2D eigenvalue weighted by atomic mass is 9.93. The van der Waals surface area contributed by atoms with Crippen LogP contribution in [0.1, 0.15) is 5.56 Å². The van der Waals surface area contributed by atoms with E-state index in [0.29, 0.717) is 40.5 Å². The zero-order valence-electron chi connectivity index (χ0n) is 33.3. The molecule has 290 valence electrons. The summed E-state index contributed by atoms with van der Waals surface area (Å²) in [5.41, 5.74) is 12.0. The highest BCUT2D eigenvalue weighted by Crippen LogP contribution is 2.37. The van der Waals surface area contributed by atoms with E-state index in [1.807, 2.05) is 158 Å². The van der Waals surface area contributed by atoms with Crippen molar-refractivity contribution in [3.8, 4) is 108 Å². The van der Waals surface area contributed by atoms with Gasteiger partial charge in [0.2, 0.25) is 0 Å². The first kappa shape index (κ1) is 37.5. The zero-order chi connectivity index (χ0) is 41.7. The lowest BCUT2D eigenvalue weighted by Crippen LogP contribution is -2.01. The molecule has 0 aliphatic heterocycles. The van der Waals surface area contributed by atoms with E-state index in [2.05, 4.69) is 60.7 Å². The van der Waals surface area contributed by atoms with Crippen LogP contribution in [0.2, 0.25) is 0 Å². The molecule has 0 atom stereocenters. The van der Waals surface area contributed by atoms with Gasteiger partial charge in [0.1, 0.15) is 0 Å². The minimum atomic E-state index is 0.555. The van der Waals surface area contributed by atoms with E-state index in [9.17, 15) is 5.26 Å². The quantitative estimate of drug-likeness (QED) is 0.143. The van der Waals surface area contributed by atoms with Crippen LogP contribution in [0.3, 0.4) is 0 Å². The molecule has 0 saturated carbocycles. The largest absolute Gasteiger partial charge is 0.208 e. The van der Waals surface area contributed by atoms with Crippen molar-refractivity contribution in [1.82, 2.24) is 29.9 Å². The third-order valence-electron chi connectivity index (χ3n) is 10.7. The Bertz CT molecular complexity index is 3150. The van der Waals surface area contributed by atoms with Crippen molar-refractivity contribution in [3.05, 3.63) is 218 Å². The lowest BCUT2D eigenvalue weighted by molar-refractivity contribution is 1.07. The van der Waals surface area contributed by atoms with E-state index in [-0.39, 0.29) is 0 Å². The maximum absolute atomic E-state index is 9.29. The smallest absolute Gasteiger partial charge is 0.164 e. The second-order valence-electron chi connectivity index (χ2n) is 14.7. The molecule has 0 aliphatic rings. The number of nitriles is 1. The van der Waals surface area contributed by atoms with Crippen LogP contribution in [0.5, 0.6) is 0 Å². The standard InChI is InChI=1S/C55H35N7/c56-36-37-24-26-38(27-25-37)39-28-30-44(31-29-39)53-58-52(43-20-11-4-12-21-43)61-55(62-53)49-35-46(32-33-48(49)40-14-5-1-6-15-40)45-22-13-23-47(34-45)54-59-50(41-16-7-2-8-17-41)57-51(60-54)42-18-9-3-10-19-42/h1-35H. The summed E-state index contributed by atoms with van der Waals surface area (Å²) >= 11 is 0. The lowest BCUT2D eigenvalue weighted by Gasteiger charge is -2.15. The predicted molar refractivity (Wildman–Crippen MR) is 247 cm³/mol. The average Bonchev–Trinajstić information content (AvgIpc) is 3.37. The predicted octanol–water partition coefficient (Wildman–Crippen LogP) is 12.9. The van der Waals surface area contributed by atoms with Gasteiger partial charge in [-0.25, -0.2) is 29.9 Å². The number of nitrogens with zero attached hydrogens (tertiary/aromatic N) is 7. The molecular weight excluding hydrogens is 759 g/mol. The van der Waals surface area contributed by atoms with Crippen molar-refractivity contribution < 1.29 is 0 Å². The minimum Gasteiger partial charge on any atom is -0.208 e. The van der Waals surface area contributed by atoms with Gasteiger partial charge in [0.25, 0.3) is 0 Å².